The molecule has 0 unspecified atom stereocenters. The Bertz CT molecular complexity index is 196. The number of rotatable bonds is 12. The van der Waals surface area contributed by atoms with Crippen LogP contribution in [0.1, 0.15) is 51.4 Å². The third-order valence-corrected chi connectivity index (χ3v) is 3.03. The van der Waals surface area contributed by atoms with Gasteiger partial charge in [0.05, 0.1) is 0 Å². The molecule has 0 saturated heterocycles. The normalized spacial score (nSPS) is 9.50. The largest absolute Gasteiger partial charge is 0.465 e. The van der Waals surface area contributed by atoms with Crippen LogP contribution in [0.2, 0.25) is 0 Å². The Morgan fingerprint density at radius 2 is 1.10 bits per heavy atom. The molecule has 0 aliphatic carbocycles. The zero-order valence-electron chi connectivity index (χ0n) is 12.3. The number of halogens is 2. The molecule has 0 fully saturated rings. The fourth-order valence-corrected chi connectivity index (χ4v) is 1.90. The molecule has 0 radical (unpaired) electrons. The minimum absolute atomic E-state index is 0. The van der Waals surface area contributed by atoms with Gasteiger partial charge in [-0.05, 0) is 38.8 Å². The predicted molar refractivity (Wildman–Crippen MR) is 89.1 cm³/mol. The number of unbranched alkanes of at least 4 members (excludes halogenated alkanes) is 6. The summed E-state index contributed by atoms with van der Waals surface area (Å²) in [6.45, 7) is 2.75. The maximum absolute atomic E-state index is 11.0. The van der Waals surface area contributed by atoms with Gasteiger partial charge in [-0.3, -0.25) is 0 Å². The van der Waals surface area contributed by atoms with Crippen molar-refractivity contribution in [2.24, 2.45) is 11.5 Å². The maximum Gasteiger partial charge on any atom is 0.407 e. The second-order valence-electron chi connectivity index (χ2n) is 4.68. The van der Waals surface area contributed by atoms with E-state index in [0.717, 1.165) is 64.5 Å². The molecule has 0 atom stereocenters. The van der Waals surface area contributed by atoms with Crippen LogP contribution in [0.25, 0.3) is 0 Å². The van der Waals surface area contributed by atoms with Crippen LogP contribution in [-0.4, -0.2) is 42.3 Å². The SMILES string of the molecule is Cl.Cl.NCCCCCCN(CCCCCCN)C(=O)O. The van der Waals surface area contributed by atoms with Gasteiger partial charge in [-0.25, -0.2) is 4.79 Å². The Morgan fingerprint density at radius 3 is 1.40 bits per heavy atom. The van der Waals surface area contributed by atoms with Crippen molar-refractivity contribution in [3.63, 3.8) is 0 Å². The average molecular weight is 332 g/mol. The number of amides is 1. The van der Waals surface area contributed by atoms with E-state index in [4.69, 9.17) is 16.6 Å². The Balaban J connectivity index is -0.00000144. The first kappa shape index (κ1) is 24.8. The first-order valence-electron chi connectivity index (χ1n) is 7.10. The van der Waals surface area contributed by atoms with Crippen LogP contribution in [0.5, 0.6) is 0 Å². The van der Waals surface area contributed by atoms with Gasteiger partial charge in [-0.15, -0.1) is 24.8 Å². The van der Waals surface area contributed by atoms with Gasteiger partial charge in [0.2, 0.25) is 0 Å². The Morgan fingerprint density at radius 1 is 0.750 bits per heavy atom. The number of nitrogens with zero attached hydrogens (tertiary/aromatic N) is 1. The van der Waals surface area contributed by atoms with Crippen LogP contribution in [0.4, 0.5) is 4.79 Å². The van der Waals surface area contributed by atoms with E-state index >= 15 is 0 Å². The molecule has 0 aromatic heterocycles. The minimum atomic E-state index is -0.798. The molecule has 0 aliphatic rings. The highest BCUT2D eigenvalue weighted by Crippen LogP contribution is 2.05. The van der Waals surface area contributed by atoms with Gasteiger partial charge in [0.25, 0.3) is 0 Å². The lowest BCUT2D eigenvalue weighted by Gasteiger charge is -2.19. The quantitative estimate of drug-likeness (QED) is 0.479. The van der Waals surface area contributed by atoms with Crippen molar-refractivity contribution in [2.45, 2.75) is 51.4 Å². The molecule has 0 aromatic rings. The summed E-state index contributed by atoms with van der Waals surface area (Å²) in [5, 5.41) is 9.06. The molecule has 0 heterocycles. The number of hydrogen-bond donors (Lipinski definition) is 3. The molecule has 0 aliphatic heterocycles. The van der Waals surface area contributed by atoms with Crippen LogP contribution in [0, 0.1) is 0 Å². The second kappa shape index (κ2) is 18.8. The Labute approximate surface area is 135 Å². The van der Waals surface area contributed by atoms with Crippen LogP contribution in [-0.2, 0) is 0 Å². The standard InChI is InChI=1S/C13H29N3O2.2ClH/c14-9-5-1-3-7-11-16(13(17)18)12-8-4-2-6-10-15;;/h1-12,14-15H2,(H,17,18);2*1H. The third kappa shape index (κ3) is 15.8. The highest BCUT2D eigenvalue weighted by Gasteiger charge is 2.09. The molecular weight excluding hydrogens is 301 g/mol. The summed E-state index contributed by atoms with van der Waals surface area (Å²) in [5.74, 6) is 0. The van der Waals surface area contributed by atoms with E-state index in [0.29, 0.717) is 13.1 Å². The van der Waals surface area contributed by atoms with E-state index in [1.165, 1.54) is 4.90 Å². The van der Waals surface area contributed by atoms with Gasteiger partial charge in [-0.2, -0.15) is 0 Å². The number of hydrogen-bond acceptors (Lipinski definition) is 3. The van der Waals surface area contributed by atoms with E-state index < -0.39 is 6.09 Å². The molecule has 1 amide bonds. The summed E-state index contributed by atoms with van der Waals surface area (Å²) in [6.07, 6.45) is 7.47. The molecule has 0 bridgehead atoms. The van der Waals surface area contributed by atoms with E-state index in [1.54, 1.807) is 0 Å². The molecule has 0 aromatic carbocycles. The van der Waals surface area contributed by atoms with Crippen LogP contribution < -0.4 is 11.5 Å². The molecule has 5 N–H and O–H groups in total. The topological polar surface area (TPSA) is 92.6 Å². The van der Waals surface area contributed by atoms with Gasteiger partial charge >= 0.3 is 6.09 Å². The zero-order valence-corrected chi connectivity index (χ0v) is 13.9. The summed E-state index contributed by atoms with van der Waals surface area (Å²) in [5.41, 5.74) is 10.8. The maximum atomic E-state index is 11.0. The van der Waals surface area contributed by atoms with Crippen molar-refractivity contribution in [1.82, 2.24) is 4.90 Å². The molecule has 124 valence electrons. The van der Waals surface area contributed by atoms with Gasteiger partial charge < -0.3 is 21.5 Å². The number of carboxylic acid groups (broad SMARTS) is 1. The third-order valence-electron chi connectivity index (χ3n) is 3.03. The molecule has 20 heavy (non-hydrogen) atoms. The number of carbonyl (C=O) groups is 1. The molecule has 7 heteroatoms. The van der Waals surface area contributed by atoms with Crippen molar-refractivity contribution >= 4 is 30.9 Å². The highest BCUT2D eigenvalue weighted by atomic mass is 35.5. The smallest absolute Gasteiger partial charge is 0.407 e. The minimum Gasteiger partial charge on any atom is -0.465 e. The Kier molecular flexibility index (Phi) is 23.2. The van der Waals surface area contributed by atoms with Crippen molar-refractivity contribution in [2.75, 3.05) is 26.2 Å². The van der Waals surface area contributed by atoms with Gasteiger partial charge in [0, 0.05) is 13.1 Å². The van der Waals surface area contributed by atoms with Crippen molar-refractivity contribution in [3.05, 3.63) is 0 Å². The van der Waals surface area contributed by atoms with Crippen LogP contribution in [0.3, 0.4) is 0 Å². The lowest BCUT2D eigenvalue weighted by Crippen LogP contribution is -2.31. The fourth-order valence-electron chi connectivity index (χ4n) is 1.90. The molecule has 0 spiro atoms. The van der Waals surface area contributed by atoms with E-state index in [9.17, 15) is 4.79 Å². The summed E-state index contributed by atoms with van der Waals surface area (Å²) in [7, 11) is 0. The van der Waals surface area contributed by atoms with Gasteiger partial charge in [-0.1, -0.05) is 25.7 Å². The van der Waals surface area contributed by atoms with Crippen molar-refractivity contribution < 1.29 is 9.90 Å². The lowest BCUT2D eigenvalue weighted by molar-refractivity contribution is 0.143. The van der Waals surface area contributed by atoms with Crippen LogP contribution in [0.15, 0.2) is 0 Å². The lowest BCUT2D eigenvalue weighted by atomic mass is 10.1. The monoisotopic (exact) mass is 331 g/mol. The average Bonchev–Trinajstić information content (AvgIpc) is 2.35. The van der Waals surface area contributed by atoms with Gasteiger partial charge in [0.15, 0.2) is 0 Å². The van der Waals surface area contributed by atoms with E-state index in [-0.39, 0.29) is 24.8 Å². The summed E-state index contributed by atoms with van der Waals surface area (Å²) in [6, 6.07) is 0. The first-order valence-corrected chi connectivity index (χ1v) is 7.10. The van der Waals surface area contributed by atoms with E-state index in [2.05, 4.69) is 0 Å². The first-order chi connectivity index (χ1) is 8.72. The van der Waals surface area contributed by atoms with E-state index in [1.807, 2.05) is 0 Å². The summed E-state index contributed by atoms with van der Waals surface area (Å²) >= 11 is 0. The van der Waals surface area contributed by atoms with Crippen LogP contribution >= 0.6 is 24.8 Å². The van der Waals surface area contributed by atoms with Crippen molar-refractivity contribution in [1.29, 1.82) is 0 Å². The molecule has 5 nitrogen and oxygen atoms in total. The second-order valence-corrected chi connectivity index (χ2v) is 4.68. The van der Waals surface area contributed by atoms with Gasteiger partial charge in [0.1, 0.15) is 0 Å². The molecular formula is C13H31Cl2N3O2. The molecule has 0 saturated carbocycles. The highest BCUT2D eigenvalue weighted by molar-refractivity contribution is 5.85. The molecule has 0 rings (SSSR count). The summed E-state index contributed by atoms with van der Waals surface area (Å²) in [4.78, 5) is 12.6. The number of nitrogens with two attached hydrogens (primary N) is 2. The van der Waals surface area contributed by atoms with Crippen molar-refractivity contribution in [3.8, 4) is 0 Å². The zero-order chi connectivity index (χ0) is 13.6. The Hall–Kier alpha value is -0.230. The fraction of sp³-hybridized carbons (Fsp3) is 0.923. The summed E-state index contributed by atoms with van der Waals surface area (Å²) < 4.78 is 0. The predicted octanol–water partition coefficient (Wildman–Crippen LogP) is 2.85.